The Balaban J connectivity index is 1.96. The summed E-state index contributed by atoms with van der Waals surface area (Å²) in [5.74, 6) is 0. The van der Waals surface area contributed by atoms with E-state index in [1.807, 2.05) is 6.07 Å². The van der Waals surface area contributed by atoms with E-state index in [9.17, 15) is 10.1 Å². The van der Waals surface area contributed by atoms with E-state index >= 15 is 0 Å². The fourth-order valence-corrected chi connectivity index (χ4v) is 3.28. The maximum absolute atomic E-state index is 10.9. The maximum Gasteiger partial charge on any atom is 0.271 e. The molecule has 2 aliphatic rings. The first-order valence-corrected chi connectivity index (χ1v) is 6.86. The zero-order valence-electron chi connectivity index (χ0n) is 11.2. The van der Waals surface area contributed by atoms with Crippen molar-refractivity contribution in [1.82, 2.24) is 5.32 Å². The van der Waals surface area contributed by atoms with Gasteiger partial charge in [-0.1, -0.05) is 6.07 Å². The van der Waals surface area contributed by atoms with E-state index in [2.05, 4.69) is 17.1 Å². The Morgan fingerprint density at radius 1 is 1.37 bits per heavy atom. The van der Waals surface area contributed by atoms with Crippen LogP contribution in [-0.4, -0.2) is 30.1 Å². The van der Waals surface area contributed by atoms with E-state index in [0.29, 0.717) is 0 Å². The first kappa shape index (κ1) is 12.4. The minimum absolute atomic E-state index is 0.131. The van der Waals surface area contributed by atoms with Gasteiger partial charge in [0.15, 0.2) is 0 Å². The molecule has 3 rings (SSSR count). The summed E-state index contributed by atoms with van der Waals surface area (Å²) in [7, 11) is 0. The Kier molecular flexibility index (Phi) is 2.93. The van der Waals surface area contributed by atoms with Crippen LogP contribution in [0.15, 0.2) is 18.2 Å². The lowest BCUT2D eigenvalue weighted by molar-refractivity contribution is -0.384. The number of hydrogen-bond acceptors (Lipinski definition) is 4. The number of nitrogens with zero attached hydrogens (tertiary/aromatic N) is 2. The van der Waals surface area contributed by atoms with Gasteiger partial charge in [-0.05, 0) is 44.8 Å². The van der Waals surface area contributed by atoms with Gasteiger partial charge >= 0.3 is 0 Å². The fraction of sp³-hybridized carbons (Fsp3) is 0.571. The second-order valence-corrected chi connectivity index (χ2v) is 5.72. The van der Waals surface area contributed by atoms with Crippen molar-refractivity contribution < 1.29 is 4.92 Å². The molecule has 5 heteroatoms. The van der Waals surface area contributed by atoms with Crippen LogP contribution >= 0.6 is 0 Å². The third-order valence-corrected chi connectivity index (χ3v) is 4.51. The summed E-state index contributed by atoms with van der Waals surface area (Å²) in [4.78, 5) is 13.0. The number of rotatable bonds is 2. The average Bonchev–Trinajstić information content (AvgIpc) is 2.83. The van der Waals surface area contributed by atoms with Gasteiger partial charge in [-0.25, -0.2) is 0 Å². The number of nitrogens with one attached hydrogen (secondary N) is 1. The lowest BCUT2D eigenvalue weighted by Crippen LogP contribution is -2.52. The van der Waals surface area contributed by atoms with Crippen molar-refractivity contribution in [2.45, 2.75) is 31.7 Å². The van der Waals surface area contributed by atoms with E-state index in [1.165, 1.54) is 5.56 Å². The molecule has 0 bridgehead atoms. The van der Waals surface area contributed by atoms with Crippen LogP contribution in [0.1, 0.15) is 25.3 Å². The van der Waals surface area contributed by atoms with E-state index in [-0.39, 0.29) is 16.1 Å². The zero-order valence-corrected chi connectivity index (χ0v) is 11.2. The number of hydrogen-bond donors (Lipinski definition) is 1. The van der Waals surface area contributed by atoms with Crippen molar-refractivity contribution in [3.63, 3.8) is 0 Å². The molecular weight excluding hydrogens is 242 g/mol. The number of piperidine rings is 1. The lowest BCUT2D eigenvalue weighted by atomic mass is 9.88. The molecule has 0 unspecified atom stereocenters. The monoisotopic (exact) mass is 261 g/mol. The van der Waals surface area contributed by atoms with Gasteiger partial charge in [0.25, 0.3) is 5.69 Å². The van der Waals surface area contributed by atoms with E-state index in [4.69, 9.17) is 0 Å². The Hall–Kier alpha value is -1.62. The van der Waals surface area contributed by atoms with E-state index < -0.39 is 0 Å². The highest BCUT2D eigenvalue weighted by atomic mass is 16.6. The Labute approximate surface area is 112 Å². The second kappa shape index (κ2) is 4.49. The maximum atomic E-state index is 10.9. The molecule has 1 aromatic rings. The molecule has 5 nitrogen and oxygen atoms in total. The standard InChI is InChI=1S/C14H19N3O2/c1-14(5-7-15-8-6-14)16-9-4-11-2-3-12(17(18)19)10-13(11)16/h2-3,10,15H,4-9H2,1H3. The SMILES string of the molecule is CC1(N2CCc3ccc([N+](=O)[O-])cc32)CCNCC1. The number of nitro benzene ring substituents is 1. The number of benzene rings is 1. The van der Waals surface area contributed by atoms with Crippen LogP contribution in [0.2, 0.25) is 0 Å². The highest BCUT2D eigenvalue weighted by molar-refractivity contribution is 5.64. The summed E-state index contributed by atoms with van der Waals surface area (Å²) >= 11 is 0. The van der Waals surface area contributed by atoms with Gasteiger partial charge in [0.1, 0.15) is 0 Å². The van der Waals surface area contributed by atoms with Crippen LogP contribution < -0.4 is 10.2 Å². The van der Waals surface area contributed by atoms with Crippen molar-refractivity contribution in [1.29, 1.82) is 0 Å². The fourth-order valence-electron chi connectivity index (χ4n) is 3.28. The van der Waals surface area contributed by atoms with Gasteiger partial charge in [0.2, 0.25) is 0 Å². The van der Waals surface area contributed by atoms with Crippen LogP contribution in [0.25, 0.3) is 0 Å². The second-order valence-electron chi connectivity index (χ2n) is 5.72. The average molecular weight is 261 g/mol. The number of anilines is 1. The topological polar surface area (TPSA) is 58.4 Å². The predicted molar refractivity (Wildman–Crippen MR) is 74.7 cm³/mol. The molecule has 1 aromatic carbocycles. The van der Waals surface area contributed by atoms with Crippen LogP contribution in [0.4, 0.5) is 11.4 Å². The van der Waals surface area contributed by atoms with E-state index in [0.717, 1.165) is 44.6 Å². The molecule has 1 N–H and O–H groups in total. The van der Waals surface area contributed by atoms with E-state index in [1.54, 1.807) is 12.1 Å². The highest BCUT2D eigenvalue weighted by Gasteiger charge is 2.37. The van der Waals surface area contributed by atoms with Crippen molar-refractivity contribution in [2.24, 2.45) is 0 Å². The summed E-state index contributed by atoms with van der Waals surface area (Å²) in [6.45, 7) is 5.31. The zero-order chi connectivity index (χ0) is 13.5. The third-order valence-electron chi connectivity index (χ3n) is 4.51. The first-order chi connectivity index (χ1) is 9.10. The predicted octanol–water partition coefficient (Wildman–Crippen LogP) is 2.10. The van der Waals surface area contributed by atoms with Gasteiger partial charge in [-0.3, -0.25) is 10.1 Å². The van der Waals surface area contributed by atoms with Gasteiger partial charge in [0.05, 0.1) is 4.92 Å². The van der Waals surface area contributed by atoms with Crippen LogP contribution in [0.3, 0.4) is 0 Å². The molecule has 2 aliphatic heterocycles. The Bertz CT molecular complexity index is 509. The Morgan fingerprint density at radius 2 is 2.11 bits per heavy atom. The van der Waals surface area contributed by atoms with Gasteiger partial charge < -0.3 is 10.2 Å². The van der Waals surface area contributed by atoms with Crippen molar-refractivity contribution in [2.75, 3.05) is 24.5 Å². The molecule has 0 radical (unpaired) electrons. The van der Waals surface area contributed by atoms with Gasteiger partial charge in [-0.15, -0.1) is 0 Å². The van der Waals surface area contributed by atoms with Crippen LogP contribution in [-0.2, 0) is 6.42 Å². The molecule has 0 amide bonds. The summed E-state index contributed by atoms with van der Waals surface area (Å²) in [5, 5.41) is 14.3. The molecule has 0 aliphatic carbocycles. The van der Waals surface area contributed by atoms with Gasteiger partial charge in [-0.2, -0.15) is 0 Å². The number of nitro groups is 1. The summed E-state index contributed by atoms with van der Waals surface area (Å²) in [6, 6.07) is 5.28. The van der Waals surface area contributed by atoms with Crippen LogP contribution in [0.5, 0.6) is 0 Å². The third kappa shape index (κ3) is 2.08. The Morgan fingerprint density at radius 3 is 2.79 bits per heavy atom. The molecular formula is C14H19N3O2. The number of fused-ring (bicyclic) bond motifs is 1. The summed E-state index contributed by atoms with van der Waals surface area (Å²) in [5.41, 5.74) is 2.64. The largest absolute Gasteiger partial charge is 0.365 e. The molecule has 0 spiro atoms. The molecule has 1 fully saturated rings. The smallest absolute Gasteiger partial charge is 0.271 e. The van der Waals surface area contributed by atoms with Crippen molar-refractivity contribution >= 4 is 11.4 Å². The normalized spacial score (nSPS) is 21.2. The van der Waals surface area contributed by atoms with Gasteiger partial charge in [0, 0.05) is 29.9 Å². The molecule has 19 heavy (non-hydrogen) atoms. The molecule has 102 valence electrons. The number of non-ortho nitro benzene ring substituents is 1. The first-order valence-electron chi connectivity index (χ1n) is 6.86. The molecule has 1 saturated heterocycles. The molecule has 0 aromatic heterocycles. The molecule has 0 saturated carbocycles. The quantitative estimate of drug-likeness (QED) is 0.654. The lowest BCUT2D eigenvalue weighted by Gasteiger charge is -2.43. The highest BCUT2D eigenvalue weighted by Crippen LogP contribution is 2.39. The summed E-state index contributed by atoms with van der Waals surface area (Å²) in [6.07, 6.45) is 3.18. The van der Waals surface area contributed by atoms with Crippen molar-refractivity contribution in [3.05, 3.63) is 33.9 Å². The summed E-state index contributed by atoms with van der Waals surface area (Å²) < 4.78 is 0. The minimum atomic E-state index is -0.304. The minimum Gasteiger partial charge on any atom is -0.365 e. The van der Waals surface area contributed by atoms with Crippen LogP contribution in [0, 0.1) is 10.1 Å². The molecule has 2 heterocycles. The molecule has 0 atom stereocenters. The van der Waals surface area contributed by atoms with Crippen molar-refractivity contribution in [3.8, 4) is 0 Å².